The number of methoxy groups -OCH3 is 2. The van der Waals surface area contributed by atoms with Crippen molar-refractivity contribution < 1.29 is 41.8 Å². The van der Waals surface area contributed by atoms with Crippen molar-refractivity contribution in [2.45, 2.75) is 38.6 Å². The molecule has 41 heavy (non-hydrogen) atoms. The Bertz CT molecular complexity index is 1700. The Kier molecular flexibility index (Phi) is 7.32. The van der Waals surface area contributed by atoms with Crippen LogP contribution in [0.4, 0.5) is 25.1 Å². The molecule has 0 unspecified atom stereocenters. The fourth-order valence-electron chi connectivity index (χ4n) is 5.17. The standard InChI is InChI=1S/C27H27F2N3O9/c1-13-24(41-27(37)40-13)32(26(36)39-3)12-19(29)14-5-4-8-30(10-14)21-18(28)9-16-20(23(21)38-2)31(15-6-7-15)11-17(22(16)33)25(34)35/h9,11,15H,4-8,10,12H2,1-3H3,(H,34,35)/b19-14+. The number of aryl methyl sites for hydroxylation is 1. The van der Waals surface area contributed by atoms with E-state index in [1.807, 2.05) is 0 Å². The molecule has 218 valence electrons. The lowest BCUT2D eigenvalue weighted by Crippen LogP contribution is -2.36. The number of rotatable bonds is 7. The summed E-state index contributed by atoms with van der Waals surface area (Å²) in [5, 5.41) is 9.42. The van der Waals surface area contributed by atoms with Gasteiger partial charge in [0.05, 0.1) is 31.7 Å². The molecule has 5 rings (SSSR count). The molecule has 1 saturated carbocycles. The molecule has 0 spiro atoms. The summed E-state index contributed by atoms with van der Waals surface area (Å²) in [7, 11) is 2.41. The predicted octanol–water partition coefficient (Wildman–Crippen LogP) is 4.13. The van der Waals surface area contributed by atoms with Crippen LogP contribution < -0.4 is 25.8 Å². The van der Waals surface area contributed by atoms with Crippen LogP contribution in [-0.4, -0.2) is 55.6 Å². The maximum absolute atomic E-state index is 15.7. The first kappa shape index (κ1) is 27.9. The predicted molar refractivity (Wildman–Crippen MR) is 141 cm³/mol. The number of piperidine rings is 1. The highest BCUT2D eigenvalue weighted by atomic mass is 19.1. The number of hydrogen-bond acceptors (Lipinski definition) is 9. The van der Waals surface area contributed by atoms with E-state index >= 15 is 8.78 Å². The number of fused-ring (bicyclic) bond motifs is 1. The third kappa shape index (κ3) is 5.05. The van der Waals surface area contributed by atoms with E-state index in [0.29, 0.717) is 19.4 Å². The number of amides is 1. The number of halogens is 2. The van der Waals surface area contributed by atoms with Crippen molar-refractivity contribution in [2.75, 3.05) is 43.7 Å². The first-order valence-electron chi connectivity index (χ1n) is 12.8. The minimum absolute atomic E-state index is 0.00312. The molecule has 14 heteroatoms. The zero-order valence-electron chi connectivity index (χ0n) is 22.5. The quantitative estimate of drug-likeness (QED) is 0.436. The van der Waals surface area contributed by atoms with E-state index in [0.717, 1.165) is 30.9 Å². The maximum Gasteiger partial charge on any atom is 0.520 e. The van der Waals surface area contributed by atoms with Gasteiger partial charge in [-0.2, -0.15) is 0 Å². The number of carboxylic acid groups (broad SMARTS) is 1. The van der Waals surface area contributed by atoms with Gasteiger partial charge < -0.3 is 32.9 Å². The Morgan fingerprint density at radius 1 is 1.22 bits per heavy atom. The first-order valence-corrected chi connectivity index (χ1v) is 12.8. The van der Waals surface area contributed by atoms with Crippen LogP contribution in [0.1, 0.15) is 47.8 Å². The molecule has 2 aliphatic rings. The van der Waals surface area contributed by atoms with Gasteiger partial charge in [-0.25, -0.2) is 28.1 Å². The fourth-order valence-corrected chi connectivity index (χ4v) is 5.17. The molecule has 1 aliphatic carbocycles. The largest absolute Gasteiger partial charge is 0.520 e. The molecule has 0 bridgehead atoms. The number of aromatic carboxylic acids is 1. The lowest BCUT2D eigenvalue weighted by molar-refractivity contribution is 0.0694. The van der Waals surface area contributed by atoms with Crippen molar-refractivity contribution in [1.29, 1.82) is 0 Å². The van der Waals surface area contributed by atoms with E-state index in [-0.39, 0.29) is 52.1 Å². The van der Waals surface area contributed by atoms with Crippen molar-refractivity contribution in [3.63, 3.8) is 0 Å². The average Bonchev–Trinajstić information content (AvgIpc) is 3.73. The van der Waals surface area contributed by atoms with E-state index < -0.39 is 47.1 Å². The van der Waals surface area contributed by atoms with Crippen LogP contribution in [0.15, 0.2) is 42.1 Å². The van der Waals surface area contributed by atoms with Gasteiger partial charge in [-0.3, -0.25) is 4.79 Å². The number of carbonyl (C=O) groups excluding carboxylic acids is 1. The molecule has 1 N–H and O–H groups in total. The molecule has 3 aromatic rings. The molecule has 0 radical (unpaired) electrons. The number of benzene rings is 1. The lowest BCUT2D eigenvalue weighted by Gasteiger charge is -2.33. The number of ether oxygens (including phenoxy) is 2. The van der Waals surface area contributed by atoms with Gasteiger partial charge in [0.1, 0.15) is 17.1 Å². The van der Waals surface area contributed by atoms with Crippen LogP contribution >= 0.6 is 0 Å². The molecule has 1 amide bonds. The van der Waals surface area contributed by atoms with E-state index in [4.69, 9.17) is 18.3 Å². The molecule has 1 aliphatic heterocycles. The van der Waals surface area contributed by atoms with E-state index in [9.17, 15) is 24.3 Å². The van der Waals surface area contributed by atoms with Crippen LogP contribution in [0.2, 0.25) is 0 Å². The summed E-state index contributed by atoms with van der Waals surface area (Å²) >= 11 is 0. The molecule has 3 heterocycles. The van der Waals surface area contributed by atoms with Crippen LogP contribution in [0.25, 0.3) is 10.9 Å². The molecule has 2 fully saturated rings. The molecular weight excluding hydrogens is 548 g/mol. The number of aromatic nitrogens is 1. The first-order chi connectivity index (χ1) is 19.5. The van der Waals surface area contributed by atoms with Gasteiger partial charge in [0, 0.05) is 25.3 Å². The molecule has 0 atom stereocenters. The van der Waals surface area contributed by atoms with Crippen molar-refractivity contribution in [1.82, 2.24) is 4.57 Å². The van der Waals surface area contributed by atoms with Gasteiger partial charge in [0.25, 0.3) is 5.88 Å². The number of hydrogen-bond donors (Lipinski definition) is 1. The van der Waals surface area contributed by atoms with Crippen molar-refractivity contribution >= 4 is 34.5 Å². The third-order valence-electron chi connectivity index (χ3n) is 7.22. The highest BCUT2D eigenvalue weighted by Gasteiger charge is 2.33. The fraction of sp³-hybridized carbons (Fsp3) is 0.407. The van der Waals surface area contributed by atoms with Crippen molar-refractivity contribution in [3.05, 3.63) is 61.6 Å². The number of carbonyl (C=O) groups is 2. The monoisotopic (exact) mass is 575 g/mol. The second kappa shape index (κ2) is 10.7. The molecular formula is C27H27F2N3O9. The Morgan fingerprint density at radius 3 is 2.54 bits per heavy atom. The third-order valence-corrected chi connectivity index (χ3v) is 7.22. The highest BCUT2D eigenvalue weighted by molar-refractivity contribution is 5.97. The van der Waals surface area contributed by atoms with Crippen molar-refractivity contribution in [3.8, 4) is 5.75 Å². The highest BCUT2D eigenvalue weighted by Crippen LogP contribution is 2.44. The van der Waals surface area contributed by atoms with Gasteiger partial charge in [0.2, 0.25) is 5.43 Å². The zero-order valence-corrected chi connectivity index (χ0v) is 22.5. The smallest absolute Gasteiger partial charge is 0.492 e. The van der Waals surface area contributed by atoms with Gasteiger partial charge >= 0.3 is 17.9 Å². The second-order valence-electron chi connectivity index (χ2n) is 9.86. The summed E-state index contributed by atoms with van der Waals surface area (Å²) in [6, 6.07) is 0.922. The second-order valence-corrected chi connectivity index (χ2v) is 9.86. The van der Waals surface area contributed by atoms with Gasteiger partial charge in [-0.15, -0.1) is 0 Å². The minimum Gasteiger partial charge on any atom is -0.492 e. The number of nitrogens with zero attached hydrogens (tertiary/aromatic N) is 3. The van der Waals surface area contributed by atoms with Gasteiger partial charge in [0.15, 0.2) is 17.3 Å². The number of pyridine rings is 1. The van der Waals surface area contributed by atoms with E-state index in [1.165, 1.54) is 20.2 Å². The van der Waals surface area contributed by atoms with Crippen LogP contribution in [-0.2, 0) is 4.74 Å². The summed E-state index contributed by atoms with van der Waals surface area (Å²) in [5.74, 6) is -4.33. The van der Waals surface area contributed by atoms with Crippen LogP contribution in [0.5, 0.6) is 5.75 Å². The SMILES string of the molecule is COC(=O)N(C/C(F)=C1/CCCN(c2c(F)cc3c(=O)c(C(=O)O)cn(C4CC4)c3c2OC)C1)c1oc(=O)oc1C. The molecule has 1 saturated heterocycles. The molecule has 1 aromatic carbocycles. The Morgan fingerprint density at radius 2 is 1.95 bits per heavy atom. The van der Waals surface area contributed by atoms with Crippen molar-refractivity contribution in [2.24, 2.45) is 0 Å². The Balaban J connectivity index is 1.56. The summed E-state index contributed by atoms with van der Waals surface area (Å²) in [4.78, 5) is 51.0. The molecule has 12 nitrogen and oxygen atoms in total. The number of anilines is 2. The maximum atomic E-state index is 15.7. The van der Waals surface area contributed by atoms with Crippen LogP contribution in [0, 0.1) is 12.7 Å². The average molecular weight is 576 g/mol. The zero-order chi connectivity index (χ0) is 29.6. The summed E-state index contributed by atoms with van der Waals surface area (Å²) in [6.45, 7) is 0.996. The topological polar surface area (TPSA) is 145 Å². The summed E-state index contributed by atoms with van der Waals surface area (Å²) < 4.78 is 53.1. The number of carboxylic acids is 1. The van der Waals surface area contributed by atoms with E-state index in [1.54, 1.807) is 9.47 Å². The Hall–Kier alpha value is -4.62. The van der Waals surface area contributed by atoms with Crippen LogP contribution in [0.3, 0.4) is 0 Å². The normalized spacial score (nSPS) is 16.6. The Labute approximate surface area is 230 Å². The van der Waals surface area contributed by atoms with Gasteiger partial charge in [-0.1, -0.05) is 0 Å². The molecule has 2 aromatic heterocycles. The lowest BCUT2D eigenvalue weighted by atomic mass is 10.0. The van der Waals surface area contributed by atoms with E-state index in [2.05, 4.69) is 0 Å². The minimum atomic E-state index is -1.41. The van der Waals surface area contributed by atoms with Gasteiger partial charge in [-0.05, 0) is 44.2 Å². The summed E-state index contributed by atoms with van der Waals surface area (Å²) in [6.07, 6.45) is 2.51. The summed E-state index contributed by atoms with van der Waals surface area (Å²) in [5.41, 5.74) is -0.773.